The SMILES string of the molecule is COc1cc2c(NC(CO)c3ccccc3)ncnc2c(OC)c1OC. The van der Waals surface area contributed by atoms with E-state index in [2.05, 4.69) is 15.3 Å². The lowest BCUT2D eigenvalue weighted by Crippen LogP contribution is -2.16. The van der Waals surface area contributed by atoms with E-state index in [0.717, 1.165) is 5.56 Å². The van der Waals surface area contributed by atoms with Crippen molar-refractivity contribution >= 4 is 16.7 Å². The molecule has 0 saturated carbocycles. The molecule has 1 aromatic heterocycles. The van der Waals surface area contributed by atoms with Gasteiger partial charge in [0.1, 0.15) is 17.7 Å². The predicted molar refractivity (Wildman–Crippen MR) is 99.1 cm³/mol. The number of aromatic nitrogens is 2. The molecular formula is C19H21N3O4. The maximum Gasteiger partial charge on any atom is 0.205 e. The van der Waals surface area contributed by atoms with E-state index in [0.29, 0.717) is 34.0 Å². The lowest BCUT2D eigenvalue weighted by atomic mass is 10.1. The summed E-state index contributed by atoms with van der Waals surface area (Å²) in [4.78, 5) is 8.67. The van der Waals surface area contributed by atoms with E-state index in [9.17, 15) is 5.11 Å². The van der Waals surface area contributed by atoms with Crippen LogP contribution >= 0.6 is 0 Å². The van der Waals surface area contributed by atoms with E-state index in [1.165, 1.54) is 6.33 Å². The fraction of sp³-hybridized carbons (Fsp3) is 0.263. The molecule has 0 aliphatic rings. The van der Waals surface area contributed by atoms with Crippen LogP contribution in [0.15, 0.2) is 42.7 Å². The molecule has 0 bridgehead atoms. The van der Waals surface area contributed by atoms with Gasteiger partial charge in [-0.3, -0.25) is 0 Å². The van der Waals surface area contributed by atoms with Gasteiger partial charge in [0.05, 0.1) is 39.4 Å². The molecule has 136 valence electrons. The van der Waals surface area contributed by atoms with Crippen LogP contribution in [0.4, 0.5) is 5.82 Å². The summed E-state index contributed by atoms with van der Waals surface area (Å²) in [5.41, 5.74) is 1.54. The summed E-state index contributed by atoms with van der Waals surface area (Å²) < 4.78 is 16.3. The Morgan fingerprint density at radius 3 is 2.35 bits per heavy atom. The minimum atomic E-state index is -0.312. The Labute approximate surface area is 151 Å². The molecule has 0 spiro atoms. The minimum Gasteiger partial charge on any atom is -0.493 e. The molecule has 2 N–H and O–H groups in total. The summed E-state index contributed by atoms with van der Waals surface area (Å²) >= 11 is 0. The van der Waals surface area contributed by atoms with Crippen LogP contribution < -0.4 is 19.5 Å². The quantitative estimate of drug-likeness (QED) is 0.674. The Balaban J connectivity index is 2.12. The number of nitrogens with zero attached hydrogens (tertiary/aromatic N) is 2. The summed E-state index contributed by atoms with van der Waals surface area (Å²) in [6.07, 6.45) is 1.44. The standard InChI is InChI=1S/C19H21N3O4/c1-24-15-9-13-16(18(26-3)17(15)25-2)20-11-21-19(13)22-14(10-23)12-7-5-4-6-8-12/h4-9,11,14,23H,10H2,1-3H3,(H,20,21,22). The lowest BCUT2D eigenvalue weighted by Gasteiger charge is -2.20. The number of hydrogen-bond donors (Lipinski definition) is 2. The van der Waals surface area contributed by atoms with Crippen molar-refractivity contribution in [2.45, 2.75) is 6.04 Å². The van der Waals surface area contributed by atoms with Gasteiger partial charge >= 0.3 is 0 Å². The van der Waals surface area contributed by atoms with Gasteiger partial charge in [-0.2, -0.15) is 0 Å². The zero-order valence-electron chi connectivity index (χ0n) is 14.9. The number of ether oxygens (including phenoxy) is 3. The van der Waals surface area contributed by atoms with Crippen LogP contribution in [0.3, 0.4) is 0 Å². The maximum absolute atomic E-state index is 9.82. The number of aliphatic hydroxyl groups is 1. The van der Waals surface area contributed by atoms with Crippen molar-refractivity contribution in [3.63, 3.8) is 0 Å². The molecule has 1 heterocycles. The van der Waals surface area contributed by atoms with Crippen molar-refractivity contribution in [3.8, 4) is 17.2 Å². The average molecular weight is 355 g/mol. The molecule has 3 rings (SSSR count). The topological polar surface area (TPSA) is 85.7 Å². The number of nitrogens with one attached hydrogen (secondary N) is 1. The molecular weight excluding hydrogens is 334 g/mol. The molecule has 0 fully saturated rings. The molecule has 0 saturated heterocycles. The van der Waals surface area contributed by atoms with E-state index >= 15 is 0 Å². The second-order valence-electron chi connectivity index (χ2n) is 5.55. The monoisotopic (exact) mass is 355 g/mol. The van der Waals surface area contributed by atoms with Crippen molar-refractivity contribution in [3.05, 3.63) is 48.3 Å². The predicted octanol–water partition coefficient (Wildman–Crippen LogP) is 2.80. The number of hydrogen-bond acceptors (Lipinski definition) is 7. The first-order valence-corrected chi connectivity index (χ1v) is 8.09. The molecule has 26 heavy (non-hydrogen) atoms. The highest BCUT2D eigenvalue weighted by Gasteiger charge is 2.20. The van der Waals surface area contributed by atoms with Gasteiger partial charge in [0.25, 0.3) is 0 Å². The highest BCUT2D eigenvalue weighted by Crippen LogP contribution is 2.44. The van der Waals surface area contributed by atoms with Gasteiger partial charge in [-0.1, -0.05) is 30.3 Å². The summed E-state index contributed by atoms with van der Waals surface area (Å²) in [6.45, 7) is -0.0834. The molecule has 3 aromatic rings. The number of anilines is 1. The minimum absolute atomic E-state index is 0.0834. The van der Waals surface area contributed by atoms with E-state index in [1.54, 1.807) is 27.4 Å². The highest BCUT2D eigenvalue weighted by molar-refractivity contribution is 5.96. The number of rotatable bonds is 7. The fourth-order valence-electron chi connectivity index (χ4n) is 2.86. The van der Waals surface area contributed by atoms with E-state index < -0.39 is 0 Å². The molecule has 7 heteroatoms. The molecule has 0 aliphatic heterocycles. The van der Waals surface area contributed by atoms with Crippen molar-refractivity contribution in [1.29, 1.82) is 0 Å². The molecule has 0 amide bonds. The fourth-order valence-corrected chi connectivity index (χ4v) is 2.86. The maximum atomic E-state index is 9.82. The Morgan fingerprint density at radius 1 is 1.00 bits per heavy atom. The Bertz CT molecular complexity index is 887. The lowest BCUT2D eigenvalue weighted by molar-refractivity contribution is 0.276. The van der Waals surface area contributed by atoms with Gasteiger partial charge in [-0.15, -0.1) is 0 Å². The van der Waals surface area contributed by atoms with Crippen LogP contribution in [0.1, 0.15) is 11.6 Å². The molecule has 1 unspecified atom stereocenters. The first-order valence-electron chi connectivity index (χ1n) is 8.09. The first kappa shape index (κ1) is 17.8. The van der Waals surface area contributed by atoms with E-state index in [1.807, 2.05) is 30.3 Å². The molecule has 0 aliphatic carbocycles. The Hall–Kier alpha value is -3.06. The normalized spacial score (nSPS) is 11.8. The number of benzene rings is 2. The van der Waals surface area contributed by atoms with Crippen molar-refractivity contribution < 1.29 is 19.3 Å². The van der Waals surface area contributed by atoms with E-state index in [4.69, 9.17) is 14.2 Å². The van der Waals surface area contributed by atoms with Gasteiger partial charge in [0, 0.05) is 0 Å². The van der Waals surface area contributed by atoms with Gasteiger partial charge < -0.3 is 24.6 Å². The molecule has 1 atom stereocenters. The number of methoxy groups -OCH3 is 3. The summed E-state index contributed by atoms with van der Waals surface area (Å²) in [5.74, 6) is 2.01. The zero-order valence-corrected chi connectivity index (χ0v) is 14.9. The van der Waals surface area contributed by atoms with Crippen LogP contribution in [0, 0.1) is 0 Å². The zero-order chi connectivity index (χ0) is 18.5. The summed E-state index contributed by atoms with van der Waals surface area (Å²) in [6, 6.07) is 11.2. The molecule has 2 aromatic carbocycles. The van der Waals surface area contributed by atoms with Crippen LogP contribution in [-0.4, -0.2) is 43.0 Å². The Morgan fingerprint density at radius 2 is 1.73 bits per heavy atom. The Kier molecular flexibility index (Phi) is 5.38. The average Bonchev–Trinajstić information content (AvgIpc) is 2.71. The second kappa shape index (κ2) is 7.88. The van der Waals surface area contributed by atoms with Gasteiger partial charge in [-0.05, 0) is 11.6 Å². The third-order valence-electron chi connectivity index (χ3n) is 4.13. The van der Waals surface area contributed by atoms with Crippen LogP contribution in [-0.2, 0) is 0 Å². The van der Waals surface area contributed by atoms with Gasteiger partial charge in [-0.25, -0.2) is 9.97 Å². The largest absolute Gasteiger partial charge is 0.493 e. The van der Waals surface area contributed by atoms with Crippen molar-refractivity contribution in [1.82, 2.24) is 9.97 Å². The molecule has 7 nitrogen and oxygen atoms in total. The van der Waals surface area contributed by atoms with Gasteiger partial charge in [0.2, 0.25) is 5.75 Å². The number of fused-ring (bicyclic) bond motifs is 1. The second-order valence-corrected chi connectivity index (χ2v) is 5.55. The number of aliphatic hydroxyl groups excluding tert-OH is 1. The van der Waals surface area contributed by atoms with Crippen LogP contribution in [0.25, 0.3) is 10.9 Å². The highest BCUT2D eigenvalue weighted by atomic mass is 16.5. The summed E-state index contributed by atoms with van der Waals surface area (Å²) in [5, 5.41) is 13.8. The molecule has 0 radical (unpaired) electrons. The van der Waals surface area contributed by atoms with Gasteiger partial charge in [0.15, 0.2) is 11.5 Å². The van der Waals surface area contributed by atoms with Crippen molar-refractivity contribution in [2.75, 3.05) is 33.3 Å². The van der Waals surface area contributed by atoms with E-state index in [-0.39, 0.29) is 12.6 Å². The smallest absolute Gasteiger partial charge is 0.205 e. The van der Waals surface area contributed by atoms with Crippen LogP contribution in [0.2, 0.25) is 0 Å². The first-order chi connectivity index (χ1) is 12.7. The third kappa shape index (κ3) is 3.21. The van der Waals surface area contributed by atoms with Crippen LogP contribution in [0.5, 0.6) is 17.2 Å². The van der Waals surface area contributed by atoms with Crippen molar-refractivity contribution in [2.24, 2.45) is 0 Å². The summed E-state index contributed by atoms with van der Waals surface area (Å²) in [7, 11) is 4.65. The third-order valence-corrected chi connectivity index (χ3v) is 4.13.